The third-order valence-corrected chi connectivity index (χ3v) is 8.96. The molecule has 0 aliphatic carbocycles. The minimum atomic E-state index is -0.542. The van der Waals surface area contributed by atoms with Crippen LogP contribution in [0.2, 0.25) is 0 Å². The molecule has 2 saturated heterocycles. The minimum absolute atomic E-state index is 0. The Hall–Kier alpha value is -1.97. The molecule has 0 bridgehead atoms. The monoisotopic (exact) mass is 518 g/mol. The maximum Gasteiger partial charge on any atom is 0.355 e. The third-order valence-electron chi connectivity index (χ3n) is 6.04. The van der Waals surface area contributed by atoms with Gasteiger partial charge in [0.2, 0.25) is 5.91 Å². The van der Waals surface area contributed by atoms with Crippen molar-refractivity contribution >= 4 is 47.8 Å². The maximum absolute atomic E-state index is 13.3. The summed E-state index contributed by atoms with van der Waals surface area (Å²) in [6.07, 6.45) is 2.63. The number of carbonyl (C=O) groups excluding carboxylic acids is 2. The van der Waals surface area contributed by atoms with Gasteiger partial charge in [-0.2, -0.15) is 0 Å². The van der Waals surface area contributed by atoms with Crippen LogP contribution in [0.3, 0.4) is 0 Å². The van der Waals surface area contributed by atoms with Crippen LogP contribution in [0, 0.1) is 0 Å². The van der Waals surface area contributed by atoms with Gasteiger partial charge in [0.25, 0.3) is 0 Å². The summed E-state index contributed by atoms with van der Waals surface area (Å²) in [7, 11) is 0. The summed E-state index contributed by atoms with van der Waals surface area (Å²) in [5.41, 5.74) is 8.05. The molecular formula is C25H27ClN2O4S2. The summed E-state index contributed by atoms with van der Waals surface area (Å²) in [4.78, 5) is 28.0. The van der Waals surface area contributed by atoms with E-state index in [0.29, 0.717) is 23.3 Å². The standard InChI is InChI=1S/C25H26N2O4S2.ClH/c26-20-15-18(11-13-30-20)33-22-23(28)27-19(12-14-32-24(22)27)25(29)31-21(16-7-3-1-4-8-16)17-9-5-2-6-10-17;/h1-10,12,18,20-22,24H,11,13-15,26H2;1H. The molecule has 1 amide bonds. The molecule has 0 radical (unpaired) electrons. The number of carbonyl (C=O) groups is 2. The van der Waals surface area contributed by atoms with Crippen molar-refractivity contribution in [2.75, 3.05) is 12.4 Å². The zero-order valence-electron chi connectivity index (χ0n) is 18.4. The van der Waals surface area contributed by atoms with E-state index in [4.69, 9.17) is 15.2 Å². The summed E-state index contributed by atoms with van der Waals surface area (Å²) in [6, 6.07) is 19.3. The Morgan fingerprint density at radius 2 is 1.76 bits per heavy atom. The van der Waals surface area contributed by atoms with E-state index < -0.39 is 12.1 Å². The average molecular weight is 519 g/mol. The lowest BCUT2D eigenvalue weighted by Crippen LogP contribution is -2.63. The summed E-state index contributed by atoms with van der Waals surface area (Å²) in [5.74, 6) is 0.171. The van der Waals surface area contributed by atoms with Crippen LogP contribution in [0.25, 0.3) is 0 Å². The van der Waals surface area contributed by atoms with Gasteiger partial charge in [-0.05, 0) is 30.0 Å². The number of halogens is 1. The van der Waals surface area contributed by atoms with Crippen LogP contribution in [0.1, 0.15) is 30.1 Å². The Morgan fingerprint density at radius 1 is 1.12 bits per heavy atom. The van der Waals surface area contributed by atoms with E-state index in [9.17, 15) is 9.59 Å². The normalized spacial score (nSPS) is 26.1. The quantitative estimate of drug-likeness (QED) is 0.455. The topological polar surface area (TPSA) is 81.9 Å². The van der Waals surface area contributed by atoms with Gasteiger partial charge in [0, 0.05) is 17.6 Å². The Kier molecular flexibility index (Phi) is 8.26. The van der Waals surface area contributed by atoms with Crippen molar-refractivity contribution in [2.24, 2.45) is 5.73 Å². The molecule has 2 aromatic rings. The fourth-order valence-electron chi connectivity index (χ4n) is 4.36. The molecule has 0 spiro atoms. The number of nitrogens with two attached hydrogens (primary N) is 1. The fraction of sp³-hybridized carbons (Fsp3) is 0.360. The lowest BCUT2D eigenvalue weighted by atomic mass is 10.0. The SMILES string of the molecule is Cl.NC1CC(SC2C(=O)N3C(C(=O)OC(c4ccccc4)c4ccccc4)=CCSC23)CCO1. The van der Waals surface area contributed by atoms with Crippen LogP contribution in [-0.2, 0) is 19.1 Å². The second kappa shape index (κ2) is 11.2. The van der Waals surface area contributed by atoms with Crippen LogP contribution in [0.5, 0.6) is 0 Å². The first-order chi connectivity index (χ1) is 16.1. The van der Waals surface area contributed by atoms with Gasteiger partial charge < -0.3 is 15.2 Å². The van der Waals surface area contributed by atoms with E-state index in [1.54, 1.807) is 34.5 Å². The molecule has 3 aliphatic rings. The van der Waals surface area contributed by atoms with E-state index in [1.165, 1.54) is 0 Å². The Morgan fingerprint density at radius 3 is 2.38 bits per heavy atom. The predicted molar refractivity (Wildman–Crippen MR) is 138 cm³/mol. The molecule has 2 fully saturated rings. The molecule has 180 valence electrons. The smallest absolute Gasteiger partial charge is 0.355 e. The van der Waals surface area contributed by atoms with E-state index in [-0.39, 0.29) is 35.2 Å². The van der Waals surface area contributed by atoms with Crippen LogP contribution in [0.4, 0.5) is 0 Å². The van der Waals surface area contributed by atoms with E-state index in [1.807, 2.05) is 60.7 Å². The molecule has 4 unspecified atom stereocenters. The number of hydrogen-bond donors (Lipinski definition) is 1. The molecule has 4 atom stereocenters. The number of β-lactam (4-membered cyclic amide) rings is 1. The van der Waals surface area contributed by atoms with Gasteiger partial charge in [0.05, 0.1) is 0 Å². The molecule has 5 rings (SSSR count). The summed E-state index contributed by atoms with van der Waals surface area (Å²) < 4.78 is 11.4. The zero-order chi connectivity index (χ0) is 22.8. The highest BCUT2D eigenvalue weighted by atomic mass is 35.5. The van der Waals surface area contributed by atoms with Gasteiger partial charge in [0.15, 0.2) is 6.10 Å². The Labute approximate surface area is 214 Å². The van der Waals surface area contributed by atoms with Crippen molar-refractivity contribution < 1.29 is 19.1 Å². The molecule has 2 N–H and O–H groups in total. The van der Waals surface area contributed by atoms with Crippen molar-refractivity contribution in [1.29, 1.82) is 0 Å². The Balaban J connectivity index is 0.00000274. The zero-order valence-corrected chi connectivity index (χ0v) is 20.9. The molecule has 3 aliphatic heterocycles. The first-order valence-corrected chi connectivity index (χ1v) is 13.1. The van der Waals surface area contributed by atoms with Crippen LogP contribution in [0.15, 0.2) is 72.4 Å². The van der Waals surface area contributed by atoms with Gasteiger partial charge in [-0.1, -0.05) is 60.7 Å². The number of amides is 1. The molecule has 0 saturated carbocycles. The number of rotatable bonds is 6. The molecule has 2 aromatic carbocycles. The van der Waals surface area contributed by atoms with Crippen molar-refractivity contribution in [1.82, 2.24) is 4.90 Å². The van der Waals surface area contributed by atoms with Crippen molar-refractivity contribution in [2.45, 2.75) is 41.0 Å². The van der Waals surface area contributed by atoms with Gasteiger partial charge in [-0.25, -0.2) is 4.79 Å². The van der Waals surface area contributed by atoms with Crippen molar-refractivity contribution in [3.63, 3.8) is 0 Å². The van der Waals surface area contributed by atoms with Crippen molar-refractivity contribution in [3.8, 4) is 0 Å². The largest absolute Gasteiger partial charge is 0.448 e. The van der Waals surface area contributed by atoms with E-state index >= 15 is 0 Å². The van der Waals surface area contributed by atoms with Gasteiger partial charge >= 0.3 is 5.97 Å². The molecular weight excluding hydrogens is 492 g/mol. The van der Waals surface area contributed by atoms with Gasteiger partial charge in [-0.3, -0.25) is 9.69 Å². The maximum atomic E-state index is 13.3. The molecule has 34 heavy (non-hydrogen) atoms. The van der Waals surface area contributed by atoms with E-state index in [0.717, 1.165) is 24.0 Å². The van der Waals surface area contributed by atoms with Gasteiger partial charge in [0.1, 0.15) is 22.5 Å². The summed E-state index contributed by atoms with van der Waals surface area (Å²) >= 11 is 3.36. The highest BCUT2D eigenvalue weighted by Gasteiger charge is 2.53. The average Bonchev–Trinajstić information content (AvgIpc) is 2.86. The molecule has 0 aromatic heterocycles. The first kappa shape index (κ1) is 25.1. The fourth-order valence-corrected chi connectivity index (χ4v) is 7.34. The number of thioether (sulfide) groups is 2. The minimum Gasteiger partial charge on any atom is -0.448 e. The lowest BCUT2D eigenvalue weighted by molar-refractivity contribution is -0.151. The summed E-state index contributed by atoms with van der Waals surface area (Å²) in [6.45, 7) is 0.624. The second-order valence-electron chi connectivity index (χ2n) is 8.24. The second-order valence-corrected chi connectivity index (χ2v) is 10.8. The molecule has 6 nitrogen and oxygen atoms in total. The number of esters is 1. The van der Waals surface area contributed by atoms with Crippen molar-refractivity contribution in [3.05, 3.63) is 83.6 Å². The number of ether oxygens (including phenoxy) is 2. The van der Waals surface area contributed by atoms with Gasteiger partial charge in [-0.15, -0.1) is 35.9 Å². The summed E-state index contributed by atoms with van der Waals surface area (Å²) in [5, 5.41) is 0.0779. The predicted octanol–water partition coefficient (Wildman–Crippen LogP) is 4.11. The van der Waals surface area contributed by atoms with E-state index in [2.05, 4.69) is 0 Å². The third kappa shape index (κ3) is 5.16. The van der Waals surface area contributed by atoms with Crippen LogP contribution < -0.4 is 5.73 Å². The molecule has 3 heterocycles. The van der Waals surface area contributed by atoms with Crippen LogP contribution >= 0.6 is 35.9 Å². The highest BCUT2D eigenvalue weighted by Crippen LogP contribution is 2.46. The number of nitrogens with zero attached hydrogens (tertiary/aromatic N) is 1. The highest BCUT2D eigenvalue weighted by molar-refractivity contribution is 8.05. The van der Waals surface area contributed by atoms with Crippen LogP contribution in [-0.4, -0.2) is 51.2 Å². The molecule has 9 heteroatoms. The number of fused-ring (bicyclic) bond motifs is 1. The first-order valence-electron chi connectivity index (χ1n) is 11.1. The number of hydrogen-bond acceptors (Lipinski definition) is 7. The number of benzene rings is 2. The lowest BCUT2D eigenvalue weighted by Gasteiger charge is -2.49. The Bertz CT molecular complexity index is 1000.